The molecule has 0 aromatic heterocycles. The monoisotopic (exact) mass is 300 g/mol. The van der Waals surface area contributed by atoms with Crippen LogP contribution in [0.2, 0.25) is 0 Å². The molecule has 1 unspecified atom stereocenters. The number of ether oxygens (including phenoxy) is 1. The van der Waals surface area contributed by atoms with E-state index in [2.05, 4.69) is 12.1 Å². The molecule has 1 aliphatic rings. The van der Waals surface area contributed by atoms with E-state index in [1.165, 1.54) is 10.5 Å². The topological polar surface area (TPSA) is 78.3 Å². The second-order valence-electron chi connectivity index (χ2n) is 4.94. The van der Waals surface area contributed by atoms with Crippen molar-refractivity contribution in [2.24, 2.45) is 5.73 Å². The van der Waals surface area contributed by atoms with Crippen molar-refractivity contribution in [3.63, 3.8) is 0 Å². The predicted octanol–water partition coefficient (Wildman–Crippen LogP) is 2.64. The van der Waals surface area contributed by atoms with Gasteiger partial charge in [-0.1, -0.05) is 24.3 Å². The minimum Gasteiger partial charge on any atom is -0.490 e. The van der Waals surface area contributed by atoms with Crippen molar-refractivity contribution in [3.05, 3.63) is 53.6 Å². The fourth-order valence-electron chi connectivity index (χ4n) is 2.46. The molecule has 1 amide bonds. The third-order valence-corrected chi connectivity index (χ3v) is 4.79. The van der Waals surface area contributed by atoms with Crippen molar-refractivity contribution in [3.8, 4) is 5.75 Å². The Hall–Kier alpha value is -2.14. The van der Waals surface area contributed by atoms with Crippen molar-refractivity contribution in [1.82, 2.24) is 0 Å². The highest BCUT2D eigenvalue weighted by atomic mass is 32.2. The van der Waals surface area contributed by atoms with E-state index in [0.29, 0.717) is 29.5 Å². The molecule has 5 heteroatoms. The van der Waals surface area contributed by atoms with Crippen LogP contribution in [0.25, 0.3) is 0 Å². The molecule has 0 saturated carbocycles. The maximum absolute atomic E-state index is 11.5. The van der Waals surface area contributed by atoms with Crippen molar-refractivity contribution < 1.29 is 9.53 Å². The molecule has 4 N–H and O–H groups in total. The molecule has 4 nitrogen and oxygen atoms in total. The standard InChI is InChI=1S/C16H16N2O2S/c17-13-6-3-5-12(16(18)19)15(13)20-8-10-9-21-14-7-2-1-4-11(10)14/h1-7,10H,8-9,17H2,(H2,18,19). The number of primary amides is 1. The highest BCUT2D eigenvalue weighted by Gasteiger charge is 2.24. The molecule has 21 heavy (non-hydrogen) atoms. The predicted molar refractivity (Wildman–Crippen MR) is 84.8 cm³/mol. The van der Waals surface area contributed by atoms with Gasteiger partial charge in [-0.15, -0.1) is 11.8 Å². The number of nitrogen functional groups attached to an aromatic ring is 1. The van der Waals surface area contributed by atoms with E-state index in [0.717, 1.165) is 5.75 Å². The number of benzene rings is 2. The van der Waals surface area contributed by atoms with Gasteiger partial charge in [0.1, 0.15) is 0 Å². The Morgan fingerprint density at radius 2 is 2.05 bits per heavy atom. The van der Waals surface area contributed by atoms with Crippen molar-refractivity contribution in [2.75, 3.05) is 18.1 Å². The number of fused-ring (bicyclic) bond motifs is 1. The number of hydrogen-bond donors (Lipinski definition) is 2. The highest BCUT2D eigenvalue weighted by Crippen LogP contribution is 2.40. The van der Waals surface area contributed by atoms with Gasteiger partial charge in [0, 0.05) is 16.6 Å². The van der Waals surface area contributed by atoms with E-state index in [-0.39, 0.29) is 0 Å². The van der Waals surface area contributed by atoms with Crippen LogP contribution in [0, 0.1) is 0 Å². The van der Waals surface area contributed by atoms with Gasteiger partial charge in [-0.05, 0) is 23.8 Å². The summed E-state index contributed by atoms with van der Waals surface area (Å²) in [6.07, 6.45) is 0. The summed E-state index contributed by atoms with van der Waals surface area (Å²) in [5.41, 5.74) is 13.3. The van der Waals surface area contributed by atoms with Crippen molar-refractivity contribution in [2.45, 2.75) is 10.8 Å². The number of carbonyl (C=O) groups is 1. The lowest BCUT2D eigenvalue weighted by Gasteiger charge is -2.16. The zero-order valence-electron chi connectivity index (χ0n) is 11.4. The van der Waals surface area contributed by atoms with Gasteiger partial charge < -0.3 is 16.2 Å². The third kappa shape index (κ3) is 2.69. The Morgan fingerprint density at radius 1 is 1.24 bits per heavy atom. The summed E-state index contributed by atoms with van der Waals surface area (Å²) in [5.74, 6) is 1.13. The van der Waals surface area contributed by atoms with Crippen LogP contribution in [-0.4, -0.2) is 18.3 Å². The van der Waals surface area contributed by atoms with Crippen LogP contribution in [0.5, 0.6) is 5.75 Å². The molecule has 0 spiro atoms. The quantitative estimate of drug-likeness (QED) is 0.851. The summed E-state index contributed by atoms with van der Waals surface area (Å²) in [7, 11) is 0. The lowest BCUT2D eigenvalue weighted by Crippen LogP contribution is -2.16. The molecule has 2 aromatic rings. The molecular weight excluding hydrogens is 284 g/mol. The lowest BCUT2D eigenvalue weighted by atomic mass is 10.0. The minimum absolute atomic E-state index is 0.298. The molecule has 0 fully saturated rings. The maximum atomic E-state index is 11.5. The van der Waals surface area contributed by atoms with E-state index >= 15 is 0 Å². The van der Waals surface area contributed by atoms with Crippen LogP contribution in [0.4, 0.5) is 5.69 Å². The molecule has 1 atom stereocenters. The number of carbonyl (C=O) groups excluding carboxylic acids is 1. The first-order valence-corrected chi connectivity index (χ1v) is 7.68. The number of rotatable bonds is 4. The first kappa shape index (κ1) is 13.8. The van der Waals surface area contributed by atoms with Gasteiger partial charge in [0.25, 0.3) is 5.91 Å². The fraction of sp³-hybridized carbons (Fsp3) is 0.188. The number of para-hydroxylation sites is 1. The van der Waals surface area contributed by atoms with E-state index in [1.54, 1.807) is 18.2 Å². The van der Waals surface area contributed by atoms with Crippen molar-refractivity contribution in [1.29, 1.82) is 0 Å². The fourth-order valence-corrected chi connectivity index (χ4v) is 3.69. The average molecular weight is 300 g/mol. The summed E-state index contributed by atoms with van der Waals surface area (Å²) in [6, 6.07) is 13.3. The Labute approximate surface area is 127 Å². The second kappa shape index (κ2) is 5.69. The smallest absolute Gasteiger partial charge is 0.252 e. The van der Waals surface area contributed by atoms with Crippen LogP contribution in [0.15, 0.2) is 47.4 Å². The van der Waals surface area contributed by atoms with Gasteiger partial charge in [-0.3, -0.25) is 4.79 Å². The summed E-state index contributed by atoms with van der Waals surface area (Å²) < 4.78 is 5.83. The number of nitrogens with two attached hydrogens (primary N) is 2. The van der Waals surface area contributed by atoms with E-state index in [1.807, 2.05) is 23.9 Å². The zero-order chi connectivity index (χ0) is 14.8. The molecule has 0 aliphatic carbocycles. The number of anilines is 1. The largest absolute Gasteiger partial charge is 0.490 e. The van der Waals surface area contributed by atoms with Crippen molar-refractivity contribution >= 4 is 23.4 Å². The number of amides is 1. The molecule has 1 aliphatic heterocycles. The Bertz CT molecular complexity index is 688. The van der Waals surface area contributed by atoms with E-state index in [9.17, 15) is 4.79 Å². The Morgan fingerprint density at radius 3 is 2.86 bits per heavy atom. The maximum Gasteiger partial charge on any atom is 0.252 e. The third-order valence-electron chi connectivity index (χ3n) is 3.54. The van der Waals surface area contributed by atoms with Crippen LogP contribution < -0.4 is 16.2 Å². The lowest BCUT2D eigenvalue weighted by molar-refractivity contribution is 0.0996. The van der Waals surface area contributed by atoms with Gasteiger partial charge in [0.2, 0.25) is 0 Å². The summed E-state index contributed by atoms with van der Waals surface area (Å²) >= 11 is 1.82. The van der Waals surface area contributed by atoms with Crippen LogP contribution >= 0.6 is 11.8 Å². The molecule has 0 bridgehead atoms. The first-order valence-electron chi connectivity index (χ1n) is 6.69. The Kier molecular flexibility index (Phi) is 3.75. The van der Waals surface area contributed by atoms with Crippen LogP contribution in [-0.2, 0) is 0 Å². The molecule has 108 valence electrons. The number of hydrogen-bond acceptors (Lipinski definition) is 4. The highest BCUT2D eigenvalue weighted by molar-refractivity contribution is 7.99. The molecule has 1 heterocycles. The number of thioether (sulfide) groups is 1. The second-order valence-corrected chi connectivity index (χ2v) is 6.01. The van der Waals surface area contributed by atoms with Crippen LogP contribution in [0.1, 0.15) is 21.8 Å². The molecule has 2 aromatic carbocycles. The Balaban J connectivity index is 1.79. The van der Waals surface area contributed by atoms with Gasteiger partial charge in [0.05, 0.1) is 17.9 Å². The van der Waals surface area contributed by atoms with Gasteiger partial charge >= 0.3 is 0 Å². The van der Waals surface area contributed by atoms with Crippen LogP contribution in [0.3, 0.4) is 0 Å². The van der Waals surface area contributed by atoms with E-state index < -0.39 is 5.91 Å². The molecule has 0 saturated heterocycles. The SMILES string of the molecule is NC(=O)c1cccc(N)c1OCC1CSc2ccccc21. The average Bonchev–Trinajstić information content (AvgIpc) is 2.89. The normalized spacial score (nSPS) is 16.5. The molecule has 3 rings (SSSR count). The molecule has 0 radical (unpaired) electrons. The first-order chi connectivity index (χ1) is 10.2. The van der Waals surface area contributed by atoms with Gasteiger partial charge in [-0.25, -0.2) is 0 Å². The summed E-state index contributed by atoms with van der Waals surface area (Å²) in [5, 5.41) is 0. The summed E-state index contributed by atoms with van der Waals surface area (Å²) in [6.45, 7) is 0.485. The summed E-state index contributed by atoms with van der Waals surface area (Å²) in [4.78, 5) is 12.7. The zero-order valence-corrected chi connectivity index (χ0v) is 12.2. The molecular formula is C16H16N2O2S. The van der Waals surface area contributed by atoms with Gasteiger partial charge in [-0.2, -0.15) is 0 Å². The minimum atomic E-state index is -0.529. The van der Waals surface area contributed by atoms with Gasteiger partial charge in [0.15, 0.2) is 5.75 Å². The van der Waals surface area contributed by atoms with E-state index in [4.69, 9.17) is 16.2 Å².